The summed E-state index contributed by atoms with van der Waals surface area (Å²) in [4.78, 5) is 12.9. The van der Waals surface area contributed by atoms with Crippen molar-refractivity contribution in [3.8, 4) is 16.3 Å². The third-order valence-electron chi connectivity index (χ3n) is 3.95. The number of halogens is 1. The van der Waals surface area contributed by atoms with Crippen LogP contribution >= 0.6 is 22.9 Å². The summed E-state index contributed by atoms with van der Waals surface area (Å²) < 4.78 is 7.22. The third-order valence-corrected chi connectivity index (χ3v) is 5.15. The van der Waals surface area contributed by atoms with Crippen LogP contribution in [-0.2, 0) is 11.2 Å². The van der Waals surface area contributed by atoms with Gasteiger partial charge >= 0.3 is 0 Å². The van der Waals surface area contributed by atoms with Gasteiger partial charge in [-0.3, -0.25) is 4.79 Å². The molecular weight excluding hydrogens is 398 g/mol. The first-order valence-corrected chi connectivity index (χ1v) is 9.81. The first kappa shape index (κ1) is 18.4. The summed E-state index contributed by atoms with van der Waals surface area (Å²) in [6.45, 7) is 1.92. The second-order valence-electron chi connectivity index (χ2n) is 5.94. The molecule has 0 radical (unpaired) electrons. The zero-order valence-corrected chi connectivity index (χ0v) is 16.5. The number of fused-ring (bicyclic) bond motifs is 1. The second-order valence-corrected chi connectivity index (χ2v) is 7.34. The van der Waals surface area contributed by atoms with E-state index in [1.165, 1.54) is 11.3 Å². The number of benzene rings is 2. The number of ether oxygens (including phenoxy) is 1. The molecule has 28 heavy (non-hydrogen) atoms. The van der Waals surface area contributed by atoms with Crippen molar-refractivity contribution in [2.24, 2.45) is 0 Å². The highest BCUT2D eigenvalue weighted by atomic mass is 35.5. The lowest BCUT2D eigenvalue weighted by atomic mass is 10.2. The molecule has 2 aromatic heterocycles. The highest BCUT2D eigenvalue weighted by molar-refractivity contribution is 7.19. The van der Waals surface area contributed by atoms with E-state index >= 15 is 0 Å². The van der Waals surface area contributed by atoms with Gasteiger partial charge in [0, 0.05) is 22.7 Å². The van der Waals surface area contributed by atoms with Crippen LogP contribution in [0.2, 0.25) is 5.02 Å². The Hall–Kier alpha value is -2.97. The lowest BCUT2D eigenvalue weighted by molar-refractivity contribution is -0.118. The molecule has 0 unspecified atom stereocenters. The van der Waals surface area contributed by atoms with E-state index in [1.807, 2.05) is 31.2 Å². The number of nitrogens with zero attached hydrogens (tertiary/aromatic N) is 4. The zero-order chi connectivity index (χ0) is 19.5. The topological polar surface area (TPSA) is 81.4 Å². The molecule has 0 saturated carbocycles. The third kappa shape index (κ3) is 3.97. The van der Waals surface area contributed by atoms with Gasteiger partial charge in [-0.2, -0.15) is 9.61 Å². The second kappa shape index (κ2) is 7.95. The molecule has 4 aromatic rings. The van der Waals surface area contributed by atoms with Crippen molar-refractivity contribution < 1.29 is 9.53 Å². The minimum atomic E-state index is -0.251. The SMILES string of the molecule is CCc1nnc2sc(-c3cccc(NC(=O)COc4ccc(Cl)cc4)c3)nn12. The molecule has 2 aromatic carbocycles. The van der Waals surface area contributed by atoms with Crippen LogP contribution in [0, 0.1) is 0 Å². The Bertz CT molecular complexity index is 1120. The van der Waals surface area contributed by atoms with Gasteiger partial charge in [0.15, 0.2) is 12.4 Å². The van der Waals surface area contributed by atoms with Crippen LogP contribution in [0.15, 0.2) is 48.5 Å². The van der Waals surface area contributed by atoms with E-state index < -0.39 is 0 Å². The number of nitrogens with one attached hydrogen (secondary N) is 1. The lowest BCUT2D eigenvalue weighted by Crippen LogP contribution is -2.20. The molecule has 1 N–H and O–H groups in total. The van der Waals surface area contributed by atoms with Gasteiger partial charge in [-0.25, -0.2) is 0 Å². The van der Waals surface area contributed by atoms with Crippen LogP contribution in [-0.4, -0.2) is 32.3 Å². The molecule has 0 saturated heterocycles. The number of aromatic nitrogens is 4. The predicted octanol–water partition coefficient (Wildman–Crippen LogP) is 4.09. The molecular formula is C19H16ClN5O2S. The van der Waals surface area contributed by atoms with E-state index in [9.17, 15) is 4.79 Å². The van der Waals surface area contributed by atoms with Gasteiger partial charge in [0.05, 0.1) is 0 Å². The summed E-state index contributed by atoms with van der Waals surface area (Å²) in [6.07, 6.45) is 0.758. The van der Waals surface area contributed by atoms with Crippen molar-refractivity contribution >= 4 is 39.5 Å². The molecule has 0 spiro atoms. The number of hydrogen-bond donors (Lipinski definition) is 1. The molecule has 0 aliphatic heterocycles. The highest BCUT2D eigenvalue weighted by Gasteiger charge is 2.12. The largest absolute Gasteiger partial charge is 0.484 e. The Kier molecular flexibility index (Phi) is 5.23. The van der Waals surface area contributed by atoms with E-state index in [0.29, 0.717) is 16.5 Å². The summed E-state index contributed by atoms with van der Waals surface area (Å²) in [5.74, 6) is 1.15. The van der Waals surface area contributed by atoms with Gasteiger partial charge in [-0.15, -0.1) is 10.2 Å². The Balaban J connectivity index is 1.44. The van der Waals surface area contributed by atoms with Gasteiger partial charge in [0.25, 0.3) is 5.91 Å². The monoisotopic (exact) mass is 413 g/mol. The average Bonchev–Trinajstić information content (AvgIpc) is 3.28. The van der Waals surface area contributed by atoms with Crippen molar-refractivity contribution in [1.29, 1.82) is 0 Å². The number of carbonyl (C=O) groups is 1. The van der Waals surface area contributed by atoms with Gasteiger partial charge in [0.2, 0.25) is 4.96 Å². The molecule has 142 valence electrons. The molecule has 9 heteroatoms. The Morgan fingerprint density at radius 2 is 2.04 bits per heavy atom. The fourth-order valence-corrected chi connectivity index (χ4v) is 3.58. The quantitative estimate of drug-likeness (QED) is 0.515. The van der Waals surface area contributed by atoms with Gasteiger partial charge in [0.1, 0.15) is 10.8 Å². The minimum Gasteiger partial charge on any atom is -0.484 e. The van der Waals surface area contributed by atoms with Crippen LogP contribution in [0.25, 0.3) is 15.5 Å². The summed E-state index contributed by atoms with van der Waals surface area (Å²) in [7, 11) is 0. The van der Waals surface area contributed by atoms with Crippen molar-refractivity contribution in [3.05, 3.63) is 59.4 Å². The lowest BCUT2D eigenvalue weighted by Gasteiger charge is -2.08. The fourth-order valence-electron chi connectivity index (χ4n) is 2.60. The van der Waals surface area contributed by atoms with Crippen LogP contribution in [0.1, 0.15) is 12.7 Å². The van der Waals surface area contributed by atoms with Crippen molar-refractivity contribution in [1.82, 2.24) is 19.8 Å². The molecule has 0 fully saturated rings. The number of aryl methyl sites for hydroxylation is 1. The Labute approximate surface area is 169 Å². The number of rotatable bonds is 6. The standard InChI is InChI=1S/C19H16ClN5O2S/c1-2-16-22-23-19-25(16)24-18(28-19)12-4-3-5-14(10-12)21-17(26)11-27-15-8-6-13(20)7-9-15/h3-10H,2,11H2,1H3,(H,21,26). The summed E-state index contributed by atoms with van der Waals surface area (Å²) >= 11 is 7.29. The maximum atomic E-state index is 12.2. The van der Waals surface area contributed by atoms with Crippen LogP contribution < -0.4 is 10.1 Å². The van der Waals surface area contributed by atoms with Crippen molar-refractivity contribution in [3.63, 3.8) is 0 Å². The van der Waals surface area contributed by atoms with Crippen molar-refractivity contribution in [2.75, 3.05) is 11.9 Å². The molecule has 0 aliphatic carbocycles. The highest BCUT2D eigenvalue weighted by Crippen LogP contribution is 2.27. The summed E-state index contributed by atoms with van der Waals surface area (Å²) in [5, 5.41) is 17.1. The molecule has 0 atom stereocenters. The maximum absolute atomic E-state index is 12.2. The number of amides is 1. The molecule has 4 rings (SSSR count). The molecule has 0 aliphatic rings. The van der Waals surface area contributed by atoms with E-state index in [1.54, 1.807) is 28.8 Å². The predicted molar refractivity (Wildman–Crippen MR) is 109 cm³/mol. The Morgan fingerprint density at radius 1 is 1.21 bits per heavy atom. The van der Waals surface area contributed by atoms with Gasteiger partial charge < -0.3 is 10.1 Å². The van der Waals surface area contributed by atoms with Crippen LogP contribution in [0.3, 0.4) is 0 Å². The van der Waals surface area contributed by atoms with E-state index in [2.05, 4.69) is 20.6 Å². The average molecular weight is 414 g/mol. The molecule has 2 heterocycles. The smallest absolute Gasteiger partial charge is 0.262 e. The van der Waals surface area contributed by atoms with E-state index in [0.717, 1.165) is 27.8 Å². The number of hydrogen-bond acceptors (Lipinski definition) is 6. The van der Waals surface area contributed by atoms with E-state index in [4.69, 9.17) is 16.3 Å². The van der Waals surface area contributed by atoms with Crippen LogP contribution in [0.4, 0.5) is 5.69 Å². The minimum absolute atomic E-state index is 0.0948. The summed E-state index contributed by atoms with van der Waals surface area (Å²) in [6, 6.07) is 14.4. The first-order chi connectivity index (χ1) is 13.6. The molecule has 0 bridgehead atoms. The first-order valence-electron chi connectivity index (χ1n) is 8.62. The zero-order valence-electron chi connectivity index (χ0n) is 14.9. The van der Waals surface area contributed by atoms with Crippen molar-refractivity contribution in [2.45, 2.75) is 13.3 Å². The number of anilines is 1. The fraction of sp³-hybridized carbons (Fsp3) is 0.158. The normalized spacial score (nSPS) is 10.9. The number of carbonyl (C=O) groups excluding carboxylic acids is 1. The summed E-state index contributed by atoms with van der Waals surface area (Å²) in [5.41, 5.74) is 1.57. The molecule has 7 nitrogen and oxygen atoms in total. The van der Waals surface area contributed by atoms with Gasteiger partial charge in [-0.05, 0) is 36.4 Å². The van der Waals surface area contributed by atoms with Crippen LogP contribution in [0.5, 0.6) is 5.75 Å². The maximum Gasteiger partial charge on any atom is 0.262 e. The van der Waals surface area contributed by atoms with E-state index in [-0.39, 0.29) is 12.5 Å². The van der Waals surface area contributed by atoms with Gasteiger partial charge in [-0.1, -0.05) is 42.0 Å². The molecule has 1 amide bonds. The Morgan fingerprint density at radius 3 is 2.82 bits per heavy atom.